The Morgan fingerprint density at radius 1 is 1.09 bits per heavy atom. The van der Waals surface area contributed by atoms with Gasteiger partial charge in [0.25, 0.3) is 5.91 Å². The number of aromatic amines is 1. The van der Waals surface area contributed by atoms with Crippen LogP contribution in [0.2, 0.25) is 0 Å². The Labute approximate surface area is 131 Å². The molecule has 1 amide bonds. The molecule has 2 saturated heterocycles. The molecule has 22 heavy (non-hydrogen) atoms. The summed E-state index contributed by atoms with van der Waals surface area (Å²) in [4.78, 5) is 20.6. The average molecular weight is 297 g/mol. The van der Waals surface area contributed by atoms with E-state index in [2.05, 4.69) is 14.8 Å². The average Bonchev–Trinajstić information content (AvgIpc) is 3.25. The second kappa shape index (κ2) is 5.76. The van der Waals surface area contributed by atoms with Gasteiger partial charge in [0, 0.05) is 36.4 Å². The maximum Gasteiger partial charge on any atom is 0.253 e. The lowest BCUT2D eigenvalue weighted by Gasteiger charge is -2.37. The molecular weight excluding hydrogens is 274 g/mol. The van der Waals surface area contributed by atoms with Crippen LogP contribution in [-0.4, -0.2) is 52.9 Å². The first kappa shape index (κ1) is 13.8. The van der Waals surface area contributed by atoms with E-state index < -0.39 is 0 Å². The molecule has 4 nitrogen and oxygen atoms in total. The summed E-state index contributed by atoms with van der Waals surface area (Å²) in [5.41, 5.74) is 1.84. The summed E-state index contributed by atoms with van der Waals surface area (Å²) in [6.07, 6.45) is 6.90. The fourth-order valence-electron chi connectivity index (χ4n) is 3.91. The molecule has 1 aromatic heterocycles. The molecule has 1 atom stereocenters. The van der Waals surface area contributed by atoms with Crippen LogP contribution in [0.5, 0.6) is 0 Å². The second-order valence-electron chi connectivity index (χ2n) is 6.57. The predicted octanol–water partition coefficient (Wildman–Crippen LogP) is 2.87. The molecule has 0 spiro atoms. The van der Waals surface area contributed by atoms with Gasteiger partial charge in [-0.3, -0.25) is 9.69 Å². The van der Waals surface area contributed by atoms with E-state index in [9.17, 15) is 4.79 Å². The number of aromatic nitrogens is 1. The van der Waals surface area contributed by atoms with E-state index in [1.165, 1.54) is 32.4 Å². The van der Waals surface area contributed by atoms with Gasteiger partial charge in [-0.2, -0.15) is 0 Å². The maximum absolute atomic E-state index is 12.8. The van der Waals surface area contributed by atoms with Crippen molar-refractivity contribution >= 4 is 16.8 Å². The van der Waals surface area contributed by atoms with Crippen LogP contribution in [0.4, 0.5) is 0 Å². The Hall–Kier alpha value is -1.81. The third kappa shape index (κ3) is 2.52. The van der Waals surface area contributed by atoms with Crippen LogP contribution >= 0.6 is 0 Å². The number of carbonyl (C=O) groups excluding carboxylic acids is 1. The number of fused-ring (bicyclic) bond motifs is 1. The highest BCUT2D eigenvalue weighted by atomic mass is 16.2. The molecule has 1 unspecified atom stereocenters. The quantitative estimate of drug-likeness (QED) is 0.926. The predicted molar refractivity (Wildman–Crippen MR) is 88.0 cm³/mol. The van der Waals surface area contributed by atoms with Crippen LogP contribution in [0.3, 0.4) is 0 Å². The monoisotopic (exact) mass is 297 g/mol. The molecule has 0 saturated carbocycles. The van der Waals surface area contributed by atoms with Gasteiger partial charge in [0.2, 0.25) is 0 Å². The minimum Gasteiger partial charge on any atom is -0.361 e. The molecule has 2 aliphatic rings. The van der Waals surface area contributed by atoms with Crippen molar-refractivity contribution in [3.05, 3.63) is 36.0 Å². The molecule has 3 heterocycles. The number of nitrogens with one attached hydrogen (secondary N) is 1. The number of hydrogen-bond acceptors (Lipinski definition) is 2. The van der Waals surface area contributed by atoms with E-state index >= 15 is 0 Å². The van der Waals surface area contributed by atoms with Gasteiger partial charge in [-0.15, -0.1) is 0 Å². The van der Waals surface area contributed by atoms with Crippen molar-refractivity contribution in [1.29, 1.82) is 0 Å². The lowest BCUT2D eigenvalue weighted by Crippen LogP contribution is -2.48. The van der Waals surface area contributed by atoms with E-state index in [0.717, 1.165) is 36.0 Å². The van der Waals surface area contributed by atoms with Crippen LogP contribution < -0.4 is 0 Å². The Kier molecular flexibility index (Phi) is 3.62. The first-order chi connectivity index (χ1) is 10.8. The molecule has 2 fully saturated rings. The normalized spacial score (nSPS) is 23.3. The number of piperidine rings is 1. The third-order valence-corrected chi connectivity index (χ3v) is 5.14. The van der Waals surface area contributed by atoms with Gasteiger partial charge in [-0.25, -0.2) is 0 Å². The largest absolute Gasteiger partial charge is 0.361 e. The summed E-state index contributed by atoms with van der Waals surface area (Å²) in [5, 5.41) is 1.16. The number of benzene rings is 1. The number of carbonyl (C=O) groups is 1. The number of hydrogen-bond donors (Lipinski definition) is 1. The zero-order valence-corrected chi connectivity index (χ0v) is 12.9. The second-order valence-corrected chi connectivity index (χ2v) is 6.57. The van der Waals surface area contributed by atoms with Gasteiger partial charge >= 0.3 is 0 Å². The van der Waals surface area contributed by atoms with E-state index in [0.29, 0.717) is 6.04 Å². The Bertz CT molecular complexity index is 672. The van der Waals surface area contributed by atoms with Crippen molar-refractivity contribution in [2.45, 2.75) is 31.7 Å². The third-order valence-electron chi connectivity index (χ3n) is 5.14. The van der Waals surface area contributed by atoms with Crippen LogP contribution in [0, 0.1) is 0 Å². The van der Waals surface area contributed by atoms with Gasteiger partial charge in [-0.1, -0.05) is 6.07 Å². The minimum atomic E-state index is 0.181. The molecule has 1 N–H and O–H groups in total. The van der Waals surface area contributed by atoms with Crippen LogP contribution in [-0.2, 0) is 0 Å². The lowest BCUT2D eigenvalue weighted by molar-refractivity contribution is 0.0608. The molecule has 0 bridgehead atoms. The number of rotatable bonds is 2. The Morgan fingerprint density at radius 3 is 2.82 bits per heavy atom. The van der Waals surface area contributed by atoms with Gasteiger partial charge in [0.05, 0.1) is 0 Å². The van der Waals surface area contributed by atoms with E-state index in [-0.39, 0.29) is 5.91 Å². The summed E-state index contributed by atoms with van der Waals surface area (Å²) in [7, 11) is 0. The number of H-pyrrole nitrogens is 1. The Balaban J connectivity index is 1.51. The van der Waals surface area contributed by atoms with Gasteiger partial charge < -0.3 is 9.88 Å². The fourth-order valence-corrected chi connectivity index (χ4v) is 3.91. The van der Waals surface area contributed by atoms with Crippen LogP contribution in [0.1, 0.15) is 36.0 Å². The number of likely N-dealkylation sites (tertiary alicyclic amines) is 2. The summed E-state index contributed by atoms with van der Waals surface area (Å²) in [5.74, 6) is 0.181. The summed E-state index contributed by atoms with van der Waals surface area (Å²) in [6, 6.07) is 8.57. The standard InChI is InChI=1S/C18H23N3O/c22-18(15-6-5-14-7-8-19-17(14)12-15)21-11-3-4-16(13-21)20-9-1-2-10-20/h5-8,12,16,19H,1-4,9-11,13H2. The van der Waals surface area contributed by atoms with Crippen molar-refractivity contribution in [2.24, 2.45) is 0 Å². The highest BCUT2D eigenvalue weighted by molar-refractivity contribution is 5.98. The van der Waals surface area contributed by atoms with Crippen molar-refractivity contribution in [2.75, 3.05) is 26.2 Å². The summed E-state index contributed by atoms with van der Waals surface area (Å²) in [6.45, 7) is 4.20. The molecule has 2 aromatic rings. The number of nitrogens with zero attached hydrogens (tertiary/aromatic N) is 2. The molecule has 2 aliphatic heterocycles. The summed E-state index contributed by atoms with van der Waals surface area (Å²) >= 11 is 0. The van der Waals surface area contributed by atoms with Crippen LogP contribution in [0.25, 0.3) is 10.9 Å². The zero-order chi connectivity index (χ0) is 14.9. The summed E-state index contributed by atoms with van der Waals surface area (Å²) < 4.78 is 0. The van der Waals surface area contributed by atoms with E-state index in [4.69, 9.17) is 0 Å². The van der Waals surface area contributed by atoms with Crippen molar-refractivity contribution in [3.63, 3.8) is 0 Å². The molecule has 0 radical (unpaired) electrons. The van der Waals surface area contributed by atoms with Crippen molar-refractivity contribution in [1.82, 2.24) is 14.8 Å². The van der Waals surface area contributed by atoms with E-state index in [1.54, 1.807) is 0 Å². The smallest absolute Gasteiger partial charge is 0.253 e. The zero-order valence-electron chi connectivity index (χ0n) is 12.9. The highest BCUT2D eigenvalue weighted by Gasteiger charge is 2.29. The molecule has 4 rings (SSSR count). The highest BCUT2D eigenvalue weighted by Crippen LogP contribution is 2.22. The fraction of sp³-hybridized carbons (Fsp3) is 0.500. The van der Waals surface area contributed by atoms with Gasteiger partial charge in [0.1, 0.15) is 0 Å². The topological polar surface area (TPSA) is 39.3 Å². The SMILES string of the molecule is O=C(c1ccc2cc[nH]c2c1)N1CCCC(N2CCCC2)C1. The van der Waals surface area contributed by atoms with Gasteiger partial charge in [0.15, 0.2) is 0 Å². The minimum absolute atomic E-state index is 0.181. The van der Waals surface area contributed by atoms with Gasteiger partial charge in [-0.05, 0) is 62.4 Å². The lowest BCUT2D eigenvalue weighted by atomic mass is 10.0. The Morgan fingerprint density at radius 2 is 1.95 bits per heavy atom. The maximum atomic E-state index is 12.8. The first-order valence-corrected chi connectivity index (χ1v) is 8.42. The van der Waals surface area contributed by atoms with Crippen LogP contribution in [0.15, 0.2) is 30.5 Å². The van der Waals surface area contributed by atoms with E-state index in [1.807, 2.05) is 30.5 Å². The molecular formula is C18H23N3O. The van der Waals surface area contributed by atoms with Crippen molar-refractivity contribution < 1.29 is 4.79 Å². The molecule has 4 heteroatoms. The molecule has 1 aromatic carbocycles. The number of amides is 1. The molecule has 116 valence electrons. The molecule has 0 aliphatic carbocycles. The van der Waals surface area contributed by atoms with Crippen molar-refractivity contribution in [3.8, 4) is 0 Å². The first-order valence-electron chi connectivity index (χ1n) is 8.42.